The molecule has 0 amide bonds. The van der Waals surface area contributed by atoms with Gasteiger partial charge in [-0.1, -0.05) is 30.3 Å². The van der Waals surface area contributed by atoms with Crippen LogP contribution in [0.15, 0.2) is 54.2 Å². The lowest BCUT2D eigenvalue weighted by Gasteiger charge is -2.08. The van der Waals surface area contributed by atoms with Crippen molar-refractivity contribution in [1.82, 2.24) is 9.97 Å². The predicted molar refractivity (Wildman–Crippen MR) is 85.2 cm³/mol. The zero-order chi connectivity index (χ0) is 14.7. The Labute approximate surface area is 128 Å². The van der Waals surface area contributed by atoms with E-state index >= 15 is 0 Å². The molecule has 0 bridgehead atoms. The van der Waals surface area contributed by atoms with Gasteiger partial charge in [0.25, 0.3) is 0 Å². The van der Waals surface area contributed by atoms with Crippen molar-refractivity contribution in [3.05, 3.63) is 71.0 Å². The van der Waals surface area contributed by atoms with Crippen molar-refractivity contribution in [3.63, 3.8) is 0 Å². The molecule has 0 spiro atoms. The largest absolute Gasteiger partial charge is 0.388 e. The Bertz CT molecular complexity index is 724. The second-order valence-corrected chi connectivity index (χ2v) is 5.82. The quantitative estimate of drug-likeness (QED) is 0.796. The lowest BCUT2D eigenvalue weighted by Crippen LogP contribution is -2.01. The van der Waals surface area contributed by atoms with Gasteiger partial charge < -0.3 is 5.11 Å². The highest BCUT2D eigenvalue weighted by Gasteiger charge is 2.12. The van der Waals surface area contributed by atoms with E-state index in [1.807, 2.05) is 54.9 Å². The molecular weight excluding hydrogens is 280 g/mol. The number of pyridine rings is 1. The van der Waals surface area contributed by atoms with E-state index < -0.39 is 6.10 Å². The molecule has 0 saturated heterocycles. The molecule has 0 radical (unpaired) electrons. The Morgan fingerprint density at radius 2 is 2.00 bits per heavy atom. The number of nitrogens with zero attached hydrogens (tertiary/aromatic N) is 2. The number of aryl methyl sites for hydroxylation is 1. The maximum Gasteiger partial charge on any atom is 0.123 e. The smallest absolute Gasteiger partial charge is 0.123 e. The number of hydrogen-bond donors (Lipinski definition) is 1. The van der Waals surface area contributed by atoms with E-state index in [1.165, 1.54) is 0 Å². The van der Waals surface area contributed by atoms with Crippen LogP contribution in [0, 0.1) is 6.92 Å². The number of aliphatic hydroxyl groups excluding tert-OH is 1. The van der Waals surface area contributed by atoms with Gasteiger partial charge in [0.15, 0.2) is 0 Å². The highest BCUT2D eigenvalue weighted by molar-refractivity contribution is 7.13. The van der Waals surface area contributed by atoms with Crippen LogP contribution in [0.3, 0.4) is 0 Å². The summed E-state index contributed by atoms with van der Waals surface area (Å²) in [5, 5.41) is 13.3. The van der Waals surface area contributed by atoms with Gasteiger partial charge in [-0.05, 0) is 24.1 Å². The van der Waals surface area contributed by atoms with Gasteiger partial charge in [0.2, 0.25) is 0 Å². The summed E-state index contributed by atoms with van der Waals surface area (Å²) in [6.07, 6.45) is 3.64. The first-order chi connectivity index (χ1) is 10.2. The molecule has 21 heavy (non-hydrogen) atoms. The summed E-state index contributed by atoms with van der Waals surface area (Å²) in [5.41, 5.74) is 4.06. The van der Waals surface area contributed by atoms with Crippen LogP contribution < -0.4 is 0 Å². The summed E-state index contributed by atoms with van der Waals surface area (Å²) >= 11 is 1.60. The minimum absolute atomic E-state index is 0.514. The molecule has 0 aliphatic rings. The van der Waals surface area contributed by atoms with E-state index in [-0.39, 0.29) is 0 Å². The van der Waals surface area contributed by atoms with Crippen molar-refractivity contribution in [2.45, 2.75) is 19.4 Å². The molecule has 0 aliphatic heterocycles. The molecule has 0 aliphatic carbocycles. The van der Waals surface area contributed by atoms with E-state index in [1.54, 1.807) is 17.5 Å². The van der Waals surface area contributed by atoms with Gasteiger partial charge in [-0.15, -0.1) is 11.3 Å². The van der Waals surface area contributed by atoms with E-state index in [9.17, 15) is 5.11 Å². The van der Waals surface area contributed by atoms with Crippen LogP contribution in [-0.4, -0.2) is 15.1 Å². The fourth-order valence-electron chi connectivity index (χ4n) is 2.23. The van der Waals surface area contributed by atoms with Gasteiger partial charge in [0, 0.05) is 29.8 Å². The van der Waals surface area contributed by atoms with Crippen LogP contribution in [0.2, 0.25) is 0 Å². The first-order valence-electron chi connectivity index (χ1n) is 6.82. The maximum absolute atomic E-state index is 10.3. The molecule has 1 N–H and O–H groups in total. The number of aliphatic hydroxyl groups is 1. The monoisotopic (exact) mass is 296 g/mol. The minimum atomic E-state index is -0.514. The Morgan fingerprint density at radius 3 is 2.76 bits per heavy atom. The molecule has 1 aromatic carbocycles. The average Bonchev–Trinajstić information content (AvgIpc) is 2.97. The zero-order valence-electron chi connectivity index (χ0n) is 11.7. The Hall–Kier alpha value is -2.04. The number of hydrogen-bond acceptors (Lipinski definition) is 4. The van der Waals surface area contributed by atoms with Crippen molar-refractivity contribution < 1.29 is 5.11 Å². The van der Waals surface area contributed by atoms with E-state index in [0.717, 1.165) is 27.4 Å². The number of rotatable bonds is 4. The van der Waals surface area contributed by atoms with Crippen molar-refractivity contribution in [1.29, 1.82) is 0 Å². The Kier molecular flexibility index (Phi) is 4.08. The highest BCUT2D eigenvalue weighted by atomic mass is 32.1. The van der Waals surface area contributed by atoms with Crippen molar-refractivity contribution >= 4 is 11.3 Å². The molecule has 1 unspecified atom stereocenters. The summed E-state index contributed by atoms with van der Waals surface area (Å²) in [4.78, 5) is 8.74. The fourth-order valence-corrected chi connectivity index (χ4v) is 3.15. The SMILES string of the molecule is Cc1cnccc1-c1nc(CC(O)c2ccccc2)cs1. The van der Waals surface area contributed by atoms with Gasteiger partial charge in [0.1, 0.15) is 5.01 Å². The summed E-state index contributed by atoms with van der Waals surface area (Å²) in [6, 6.07) is 11.7. The van der Waals surface area contributed by atoms with Gasteiger partial charge in [-0.25, -0.2) is 4.98 Å². The van der Waals surface area contributed by atoms with Gasteiger partial charge in [-0.3, -0.25) is 4.98 Å². The van der Waals surface area contributed by atoms with Crippen molar-refractivity contribution in [2.24, 2.45) is 0 Å². The molecule has 106 valence electrons. The van der Waals surface area contributed by atoms with Crippen LogP contribution in [0.25, 0.3) is 10.6 Å². The topological polar surface area (TPSA) is 46.0 Å². The third-order valence-corrected chi connectivity index (χ3v) is 4.31. The molecule has 2 heterocycles. The standard InChI is InChI=1S/C17H16N2OS/c1-12-10-18-8-7-15(12)17-19-14(11-21-17)9-16(20)13-5-3-2-4-6-13/h2-8,10-11,16,20H,9H2,1H3. The number of benzene rings is 1. The molecule has 0 fully saturated rings. The molecule has 0 saturated carbocycles. The molecule has 3 aromatic rings. The fraction of sp³-hybridized carbons (Fsp3) is 0.176. The molecule has 1 atom stereocenters. The van der Waals surface area contributed by atoms with Crippen molar-refractivity contribution in [3.8, 4) is 10.6 Å². The number of thiazole rings is 1. The molecular formula is C17H16N2OS. The summed E-state index contributed by atoms with van der Waals surface area (Å²) < 4.78 is 0. The third kappa shape index (κ3) is 3.17. The second-order valence-electron chi connectivity index (χ2n) is 4.97. The van der Waals surface area contributed by atoms with Crippen molar-refractivity contribution in [2.75, 3.05) is 0 Å². The first kappa shape index (κ1) is 13.9. The molecule has 3 nitrogen and oxygen atoms in total. The molecule has 4 heteroatoms. The lowest BCUT2D eigenvalue weighted by molar-refractivity contribution is 0.177. The average molecular weight is 296 g/mol. The third-order valence-electron chi connectivity index (χ3n) is 3.39. The van der Waals surface area contributed by atoms with Gasteiger partial charge in [0.05, 0.1) is 11.8 Å². The van der Waals surface area contributed by atoms with Crippen LogP contribution in [0.5, 0.6) is 0 Å². The zero-order valence-corrected chi connectivity index (χ0v) is 12.5. The summed E-state index contributed by atoms with van der Waals surface area (Å²) in [5.74, 6) is 0. The Morgan fingerprint density at radius 1 is 1.19 bits per heavy atom. The van der Waals surface area contributed by atoms with Gasteiger partial charge in [-0.2, -0.15) is 0 Å². The second kappa shape index (κ2) is 6.16. The van der Waals surface area contributed by atoms with E-state index in [4.69, 9.17) is 0 Å². The van der Waals surface area contributed by atoms with Crippen LogP contribution >= 0.6 is 11.3 Å². The normalized spacial score (nSPS) is 12.3. The maximum atomic E-state index is 10.3. The van der Waals surface area contributed by atoms with E-state index in [0.29, 0.717) is 6.42 Å². The van der Waals surface area contributed by atoms with Crippen LogP contribution in [0.4, 0.5) is 0 Å². The van der Waals surface area contributed by atoms with Crippen LogP contribution in [0.1, 0.15) is 22.9 Å². The number of aromatic nitrogens is 2. The highest BCUT2D eigenvalue weighted by Crippen LogP contribution is 2.27. The lowest BCUT2D eigenvalue weighted by atomic mass is 10.1. The summed E-state index contributed by atoms with van der Waals surface area (Å²) in [6.45, 7) is 2.03. The van der Waals surface area contributed by atoms with E-state index in [2.05, 4.69) is 9.97 Å². The molecule has 2 aromatic heterocycles. The first-order valence-corrected chi connectivity index (χ1v) is 7.70. The minimum Gasteiger partial charge on any atom is -0.388 e. The van der Waals surface area contributed by atoms with Crippen LogP contribution in [-0.2, 0) is 6.42 Å². The predicted octanol–water partition coefficient (Wildman–Crippen LogP) is 3.79. The molecule has 3 rings (SSSR count). The summed E-state index contributed by atoms with van der Waals surface area (Å²) in [7, 11) is 0. The van der Waals surface area contributed by atoms with Gasteiger partial charge >= 0.3 is 0 Å². The Balaban J connectivity index is 1.78.